The number of carbonyl (C=O) groups is 1. The summed E-state index contributed by atoms with van der Waals surface area (Å²) in [5.41, 5.74) is 4.69. The van der Waals surface area contributed by atoms with E-state index in [1.807, 2.05) is 53.6 Å². The lowest BCUT2D eigenvalue weighted by atomic mass is 10.0. The van der Waals surface area contributed by atoms with E-state index in [2.05, 4.69) is 10.2 Å². The summed E-state index contributed by atoms with van der Waals surface area (Å²) in [4.78, 5) is 15.0. The van der Waals surface area contributed by atoms with Crippen LogP contribution in [0.5, 0.6) is 5.75 Å². The van der Waals surface area contributed by atoms with E-state index >= 15 is 0 Å². The quantitative estimate of drug-likeness (QED) is 0.729. The number of ether oxygens (including phenoxy) is 2. The maximum absolute atomic E-state index is 13.2. The maximum Gasteiger partial charge on any atom is 0.255 e. The number of hydrogen-bond acceptors (Lipinski definition) is 4. The van der Waals surface area contributed by atoms with Gasteiger partial charge in [-0.25, -0.2) is 0 Å². The molecule has 0 bridgehead atoms. The van der Waals surface area contributed by atoms with Crippen LogP contribution in [0, 0.1) is 0 Å². The Morgan fingerprint density at radius 2 is 2.07 bits per heavy atom. The van der Waals surface area contributed by atoms with Crippen LogP contribution in [0.15, 0.2) is 54.9 Å². The van der Waals surface area contributed by atoms with E-state index in [4.69, 9.17) is 9.47 Å². The van der Waals surface area contributed by atoms with Gasteiger partial charge in [-0.1, -0.05) is 24.3 Å². The summed E-state index contributed by atoms with van der Waals surface area (Å²) >= 11 is 0. The van der Waals surface area contributed by atoms with Crippen molar-refractivity contribution >= 4 is 5.91 Å². The van der Waals surface area contributed by atoms with E-state index in [0.717, 1.165) is 33.6 Å². The lowest BCUT2D eigenvalue weighted by Crippen LogP contribution is -2.32. The second-order valence-corrected chi connectivity index (χ2v) is 6.54. The number of fused-ring (bicyclic) bond motifs is 1. The number of amides is 1. The lowest BCUT2D eigenvalue weighted by molar-refractivity contribution is 0.0551. The van der Waals surface area contributed by atoms with Gasteiger partial charge in [0, 0.05) is 31.0 Å². The highest BCUT2D eigenvalue weighted by molar-refractivity contribution is 5.99. The fourth-order valence-corrected chi connectivity index (χ4v) is 3.54. The smallest absolute Gasteiger partial charge is 0.255 e. The molecule has 0 saturated carbocycles. The van der Waals surface area contributed by atoms with Crippen molar-refractivity contribution in [2.24, 2.45) is 0 Å². The third-order valence-electron chi connectivity index (χ3n) is 4.95. The first-order valence-electron chi connectivity index (χ1n) is 8.77. The van der Waals surface area contributed by atoms with Gasteiger partial charge in [-0.3, -0.25) is 9.89 Å². The summed E-state index contributed by atoms with van der Waals surface area (Å²) < 4.78 is 10.8. The SMILES string of the molecule is COCC(c1cccc(OC)c1)N1Cc2ccc(-c3cn[nH]c3)cc2C1=O. The van der Waals surface area contributed by atoms with Crippen molar-refractivity contribution in [2.75, 3.05) is 20.8 Å². The molecule has 6 nitrogen and oxygen atoms in total. The first-order chi connectivity index (χ1) is 13.2. The highest BCUT2D eigenvalue weighted by Crippen LogP contribution is 2.34. The Morgan fingerprint density at radius 1 is 1.19 bits per heavy atom. The molecule has 27 heavy (non-hydrogen) atoms. The van der Waals surface area contributed by atoms with Gasteiger partial charge in [-0.2, -0.15) is 5.10 Å². The monoisotopic (exact) mass is 363 g/mol. The standard InChI is InChI=1S/C21H21N3O3/c1-26-13-20(15-4-3-5-18(8-15)27-2)24-12-16-7-6-14(9-19(16)21(24)25)17-10-22-23-11-17/h3-11,20H,12-13H2,1-2H3,(H,22,23). The third-order valence-corrected chi connectivity index (χ3v) is 4.95. The van der Waals surface area contributed by atoms with E-state index in [-0.39, 0.29) is 11.9 Å². The number of methoxy groups -OCH3 is 2. The molecule has 0 saturated heterocycles. The Balaban J connectivity index is 1.67. The zero-order valence-electron chi connectivity index (χ0n) is 15.3. The molecule has 1 N–H and O–H groups in total. The third kappa shape index (κ3) is 3.19. The number of rotatable bonds is 6. The number of aromatic nitrogens is 2. The number of carbonyl (C=O) groups excluding carboxylic acids is 1. The van der Waals surface area contributed by atoms with Crippen molar-refractivity contribution in [1.29, 1.82) is 0 Å². The van der Waals surface area contributed by atoms with E-state index < -0.39 is 0 Å². The van der Waals surface area contributed by atoms with Gasteiger partial charge in [0.2, 0.25) is 0 Å². The molecule has 4 rings (SSSR count). The molecule has 1 aliphatic rings. The second kappa shape index (κ2) is 7.25. The van der Waals surface area contributed by atoms with E-state index in [9.17, 15) is 4.79 Å². The fraction of sp³-hybridized carbons (Fsp3) is 0.238. The van der Waals surface area contributed by atoms with Gasteiger partial charge >= 0.3 is 0 Å². The maximum atomic E-state index is 13.2. The number of hydrogen-bond donors (Lipinski definition) is 1. The lowest BCUT2D eigenvalue weighted by Gasteiger charge is -2.28. The molecule has 1 amide bonds. The Morgan fingerprint density at radius 3 is 2.81 bits per heavy atom. The number of nitrogens with one attached hydrogen (secondary N) is 1. The van der Waals surface area contributed by atoms with Crippen LogP contribution in [0.4, 0.5) is 0 Å². The highest BCUT2D eigenvalue weighted by Gasteiger charge is 2.34. The average Bonchev–Trinajstić information content (AvgIpc) is 3.35. The van der Waals surface area contributed by atoms with Gasteiger partial charge in [-0.05, 0) is 34.9 Å². The molecule has 3 aromatic rings. The predicted octanol–water partition coefficient (Wildman–Crippen LogP) is 3.43. The van der Waals surface area contributed by atoms with Crippen molar-refractivity contribution < 1.29 is 14.3 Å². The summed E-state index contributed by atoms with van der Waals surface area (Å²) in [6, 6.07) is 13.6. The van der Waals surface area contributed by atoms with Crippen molar-refractivity contribution in [2.45, 2.75) is 12.6 Å². The van der Waals surface area contributed by atoms with Gasteiger partial charge in [0.25, 0.3) is 5.91 Å². The first kappa shape index (κ1) is 17.3. The molecule has 1 atom stereocenters. The molecule has 0 fully saturated rings. The normalized spacial score (nSPS) is 14.3. The summed E-state index contributed by atoms with van der Waals surface area (Å²) in [5, 5.41) is 6.80. The van der Waals surface area contributed by atoms with Crippen LogP contribution in [-0.4, -0.2) is 41.8 Å². The van der Waals surface area contributed by atoms with Gasteiger partial charge in [0.15, 0.2) is 0 Å². The molecule has 2 heterocycles. The van der Waals surface area contributed by atoms with E-state index in [1.54, 1.807) is 20.4 Å². The molecule has 138 valence electrons. The summed E-state index contributed by atoms with van der Waals surface area (Å²) in [6.45, 7) is 0.979. The van der Waals surface area contributed by atoms with Crippen LogP contribution in [0.2, 0.25) is 0 Å². The number of H-pyrrole nitrogens is 1. The molecule has 0 radical (unpaired) electrons. The fourth-order valence-electron chi connectivity index (χ4n) is 3.54. The largest absolute Gasteiger partial charge is 0.497 e. The van der Waals surface area contributed by atoms with Crippen LogP contribution >= 0.6 is 0 Å². The zero-order valence-corrected chi connectivity index (χ0v) is 15.3. The topological polar surface area (TPSA) is 67.5 Å². The van der Waals surface area contributed by atoms with Crippen LogP contribution in [0.25, 0.3) is 11.1 Å². The van der Waals surface area contributed by atoms with Crippen LogP contribution in [0.1, 0.15) is 27.5 Å². The van der Waals surface area contributed by atoms with Crippen LogP contribution in [-0.2, 0) is 11.3 Å². The van der Waals surface area contributed by atoms with Crippen molar-refractivity contribution in [1.82, 2.24) is 15.1 Å². The Labute approximate surface area is 157 Å². The summed E-state index contributed by atoms with van der Waals surface area (Å²) in [7, 11) is 3.29. The van der Waals surface area contributed by atoms with Crippen molar-refractivity contribution in [3.63, 3.8) is 0 Å². The number of aromatic amines is 1. The minimum atomic E-state index is -0.178. The van der Waals surface area contributed by atoms with Gasteiger partial charge < -0.3 is 14.4 Å². The molecule has 1 unspecified atom stereocenters. The minimum absolute atomic E-state index is 0.0141. The molecule has 6 heteroatoms. The molecular formula is C21H21N3O3. The summed E-state index contributed by atoms with van der Waals surface area (Å²) in [6.07, 6.45) is 3.58. The minimum Gasteiger partial charge on any atom is -0.497 e. The van der Waals surface area contributed by atoms with Gasteiger partial charge in [-0.15, -0.1) is 0 Å². The molecule has 0 spiro atoms. The number of nitrogens with zero attached hydrogens (tertiary/aromatic N) is 2. The van der Waals surface area contributed by atoms with Crippen molar-refractivity contribution in [3.05, 3.63) is 71.5 Å². The van der Waals surface area contributed by atoms with E-state index in [1.165, 1.54) is 0 Å². The Hall–Kier alpha value is -3.12. The van der Waals surface area contributed by atoms with E-state index in [0.29, 0.717) is 13.2 Å². The first-order valence-corrected chi connectivity index (χ1v) is 8.77. The predicted molar refractivity (Wildman–Crippen MR) is 102 cm³/mol. The second-order valence-electron chi connectivity index (χ2n) is 6.54. The molecule has 1 aliphatic heterocycles. The molecule has 0 aliphatic carbocycles. The molecule has 2 aromatic carbocycles. The Kier molecular flexibility index (Phi) is 4.64. The van der Waals surface area contributed by atoms with Crippen molar-refractivity contribution in [3.8, 4) is 16.9 Å². The summed E-state index contributed by atoms with van der Waals surface area (Å²) in [5.74, 6) is 0.778. The molecular weight excluding hydrogens is 342 g/mol. The average molecular weight is 363 g/mol. The van der Waals surface area contributed by atoms with Gasteiger partial charge in [0.1, 0.15) is 5.75 Å². The van der Waals surface area contributed by atoms with Crippen LogP contribution in [0.3, 0.4) is 0 Å². The highest BCUT2D eigenvalue weighted by atomic mass is 16.5. The molecule has 1 aromatic heterocycles. The Bertz CT molecular complexity index is 953. The zero-order chi connectivity index (χ0) is 18.8. The van der Waals surface area contributed by atoms with Crippen LogP contribution < -0.4 is 4.74 Å². The van der Waals surface area contributed by atoms with Gasteiger partial charge in [0.05, 0.1) is 26.0 Å². The number of benzene rings is 2.